The maximum absolute atomic E-state index is 13.5. The quantitative estimate of drug-likeness (QED) is 0.677. The van der Waals surface area contributed by atoms with Gasteiger partial charge in [-0.2, -0.15) is 0 Å². The maximum Gasteiger partial charge on any atom is 0.334 e. The molecular formula is C19H22BrF2N3O. The van der Waals surface area contributed by atoms with Crippen LogP contribution in [-0.2, 0) is 6.54 Å². The number of hydrogen-bond donors (Lipinski definition) is 0. The van der Waals surface area contributed by atoms with Gasteiger partial charge in [0.05, 0.1) is 5.52 Å². The Morgan fingerprint density at radius 1 is 1.27 bits per heavy atom. The fourth-order valence-corrected chi connectivity index (χ4v) is 4.43. The van der Waals surface area contributed by atoms with Crippen molar-refractivity contribution in [3.63, 3.8) is 0 Å². The van der Waals surface area contributed by atoms with Gasteiger partial charge in [-0.05, 0) is 66.4 Å². The van der Waals surface area contributed by atoms with Crippen molar-refractivity contribution in [2.24, 2.45) is 5.92 Å². The van der Waals surface area contributed by atoms with Crippen molar-refractivity contribution in [1.29, 1.82) is 0 Å². The summed E-state index contributed by atoms with van der Waals surface area (Å²) in [6.07, 6.45) is 8.62. The molecule has 140 valence electrons. The van der Waals surface area contributed by atoms with Gasteiger partial charge in [-0.1, -0.05) is 6.08 Å². The van der Waals surface area contributed by atoms with Gasteiger partial charge in [0.2, 0.25) is 5.92 Å². The molecule has 1 fully saturated rings. The van der Waals surface area contributed by atoms with Gasteiger partial charge >= 0.3 is 5.69 Å². The van der Waals surface area contributed by atoms with Crippen LogP contribution in [0, 0.1) is 5.92 Å². The maximum atomic E-state index is 13.5. The predicted octanol–water partition coefficient (Wildman–Crippen LogP) is 5.20. The number of nitrogens with zero attached hydrogens (tertiary/aromatic N) is 3. The number of halogens is 3. The average molecular weight is 426 g/mol. The number of hydrogen-bond acceptors (Lipinski definition) is 2. The minimum Gasteiger partial charge on any atom is -0.290 e. The van der Waals surface area contributed by atoms with Crippen LogP contribution in [0.1, 0.15) is 51.4 Å². The second-order valence-corrected chi connectivity index (χ2v) is 8.38. The number of aromatic nitrogens is 3. The van der Waals surface area contributed by atoms with E-state index in [1.807, 2.05) is 6.07 Å². The lowest BCUT2D eigenvalue weighted by molar-refractivity contribution is -0.0473. The Kier molecular flexibility index (Phi) is 4.75. The number of pyridine rings is 1. The van der Waals surface area contributed by atoms with E-state index in [-0.39, 0.29) is 24.4 Å². The van der Waals surface area contributed by atoms with Crippen LogP contribution in [0.5, 0.6) is 0 Å². The summed E-state index contributed by atoms with van der Waals surface area (Å²) in [7, 11) is 0. The highest BCUT2D eigenvalue weighted by Crippen LogP contribution is 2.37. The fraction of sp³-hybridized carbons (Fsp3) is 0.579. The molecule has 0 spiro atoms. The van der Waals surface area contributed by atoms with Crippen LogP contribution in [0.15, 0.2) is 27.6 Å². The third-order valence-corrected chi connectivity index (χ3v) is 6.00. The number of allylic oxidation sites excluding steroid dienone is 2. The minimum absolute atomic E-state index is 0.0852. The van der Waals surface area contributed by atoms with Crippen molar-refractivity contribution in [3.8, 4) is 0 Å². The van der Waals surface area contributed by atoms with Gasteiger partial charge < -0.3 is 0 Å². The Bertz CT molecular complexity index is 905. The van der Waals surface area contributed by atoms with Crippen LogP contribution < -0.4 is 5.69 Å². The van der Waals surface area contributed by atoms with Gasteiger partial charge in [0.25, 0.3) is 0 Å². The summed E-state index contributed by atoms with van der Waals surface area (Å²) in [6.45, 7) is 0.476. The highest BCUT2D eigenvalue weighted by molar-refractivity contribution is 9.10. The van der Waals surface area contributed by atoms with E-state index in [1.165, 1.54) is 0 Å². The molecule has 2 aliphatic carbocycles. The highest BCUT2D eigenvalue weighted by atomic mass is 79.9. The smallest absolute Gasteiger partial charge is 0.290 e. The van der Waals surface area contributed by atoms with E-state index in [0.29, 0.717) is 25.0 Å². The van der Waals surface area contributed by atoms with E-state index in [4.69, 9.17) is 0 Å². The van der Waals surface area contributed by atoms with Gasteiger partial charge in [0, 0.05) is 35.8 Å². The summed E-state index contributed by atoms with van der Waals surface area (Å²) in [5, 5.41) is 0. The lowest BCUT2D eigenvalue weighted by Gasteiger charge is -2.28. The molecule has 2 heterocycles. The lowest BCUT2D eigenvalue weighted by atomic mass is 9.87. The second kappa shape index (κ2) is 6.91. The van der Waals surface area contributed by atoms with Crippen LogP contribution in [0.3, 0.4) is 0 Å². The van der Waals surface area contributed by atoms with Gasteiger partial charge in [0.1, 0.15) is 0 Å². The summed E-state index contributed by atoms with van der Waals surface area (Å²) in [5.41, 5.74) is 2.34. The van der Waals surface area contributed by atoms with Gasteiger partial charge in [-0.15, -0.1) is 0 Å². The molecule has 0 saturated heterocycles. The number of fused-ring (bicyclic) bond motifs is 1. The molecule has 0 bridgehead atoms. The van der Waals surface area contributed by atoms with Crippen molar-refractivity contribution in [2.45, 2.75) is 63.8 Å². The van der Waals surface area contributed by atoms with Crippen LogP contribution in [0.2, 0.25) is 0 Å². The molecule has 0 aliphatic heterocycles. The summed E-state index contributed by atoms with van der Waals surface area (Å²) in [4.78, 5) is 17.7. The Morgan fingerprint density at radius 2 is 2.04 bits per heavy atom. The SMILES string of the molecule is O=c1n(CC2CCC(F)(F)CC2)c2cc(Br)cnc2n1C1=CCCCC1. The van der Waals surface area contributed by atoms with Gasteiger partial charge in [-0.25, -0.2) is 23.1 Å². The predicted molar refractivity (Wildman–Crippen MR) is 101 cm³/mol. The van der Waals surface area contributed by atoms with Gasteiger partial charge in [0.15, 0.2) is 5.65 Å². The Labute approximate surface area is 159 Å². The van der Waals surface area contributed by atoms with E-state index >= 15 is 0 Å². The van der Waals surface area contributed by atoms with Crippen molar-refractivity contribution >= 4 is 32.8 Å². The van der Waals surface area contributed by atoms with Crippen LogP contribution in [-0.4, -0.2) is 20.0 Å². The minimum atomic E-state index is -2.55. The zero-order valence-corrected chi connectivity index (χ0v) is 16.1. The van der Waals surface area contributed by atoms with E-state index in [0.717, 1.165) is 41.4 Å². The number of alkyl halides is 2. The first-order chi connectivity index (χ1) is 12.4. The fourth-order valence-electron chi connectivity index (χ4n) is 4.11. The molecule has 26 heavy (non-hydrogen) atoms. The van der Waals surface area contributed by atoms with Crippen LogP contribution in [0.4, 0.5) is 8.78 Å². The summed E-state index contributed by atoms with van der Waals surface area (Å²) in [5.74, 6) is -2.45. The molecule has 4 rings (SSSR count). The largest absolute Gasteiger partial charge is 0.334 e. The summed E-state index contributed by atoms with van der Waals surface area (Å²) >= 11 is 3.44. The van der Waals surface area contributed by atoms with Crippen molar-refractivity contribution in [1.82, 2.24) is 14.1 Å². The molecule has 0 atom stereocenters. The summed E-state index contributed by atoms with van der Waals surface area (Å²) < 4.78 is 31.2. The van der Waals surface area contributed by atoms with Gasteiger partial charge in [-0.3, -0.25) is 4.57 Å². The molecule has 7 heteroatoms. The van der Waals surface area contributed by atoms with E-state index < -0.39 is 5.92 Å². The zero-order chi connectivity index (χ0) is 18.3. The number of imidazole rings is 1. The first kappa shape index (κ1) is 17.9. The molecule has 0 unspecified atom stereocenters. The first-order valence-electron chi connectivity index (χ1n) is 9.29. The van der Waals surface area contributed by atoms with Crippen molar-refractivity contribution in [2.75, 3.05) is 0 Å². The van der Waals surface area contributed by atoms with Crippen molar-refractivity contribution < 1.29 is 8.78 Å². The molecule has 2 aliphatic rings. The van der Waals surface area contributed by atoms with E-state index in [1.54, 1.807) is 15.3 Å². The van der Waals surface area contributed by atoms with Crippen LogP contribution in [0.25, 0.3) is 16.9 Å². The molecule has 1 saturated carbocycles. The third-order valence-electron chi connectivity index (χ3n) is 5.57. The Hall–Kier alpha value is -1.50. The molecule has 0 amide bonds. The number of rotatable bonds is 3. The molecule has 4 nitrogen and oxygen atoms in total. The summed E-state index contributed by atoms with van der Waals surface area (Å²) in [6, 6.07) is 1.90. The average Bonchev–Trinajstić information content (AvgIpc) is 2.89. The normalized spacial score (nSPS) is 21.1. The Balaban J connectivity index is 1.74. The highest BCUT2D eigenvalue weighted by Gasteiger charge is 2.35. The topological polar surface area (TPSA) is 39.8 Å². The molecule has 0 aromatic carbocycles. The van der Waals surface area contributed by atoms with E-state index in [9.17, 15) is 13.6 Å². The lowest BCUT2D eigenvalue weighted by Crippen LogP contribution is -2.31. The molecular weight excluding hydrogens is 404 g/mol. The standard InChI is InChI=1S/C19H22BrF2N3O/c20-14-10-16-17(23-11-14)25(15-4-2-1-3-5-15)18(26)24(16)12-13-6-8-19(21,22)9-7-13/h4,10-11,13H,1-3,5-9,12H2. The monoisotopic (exact) mass is 425 g/mol. The second-order valence-electron chi connectivity index (χ2n) is 7.47. The Morgan fingerprint density at radius 3 is 2.73 bits per heavy atom. The van der Waals surface area contributed by atoms with E-state index in [2.05, 4.69) is 27.0 Å². The van der Waals surface area contributed by atoms with Crippen LogP contribution >= 0.6 is 15.9 Å². The first-order valence-corrected chi connectivity index (χ1v) is 10.1. The molecule has 2 aromatic rings. The molecule has 0 N–H and O–H groups in total. The zero-order valence-electron chi connectivity index (χ0n) is 14.6. The van der Waals surface area contributed by atoms with Crippen molar-refractivity contribution in [3.05, 3.63) is 33.3 Å². The molecule has 2 aromatic heterocycles. The third kappa shape index (κ3) is 3.38. The molecule has 0 radical (unpaired) electrons.